The molecule has 2 aromatic carbocycles. The summed E-state index contributed by atoms with van der Waals surface area (Å²) < 4.78 is 1.20. The molecule has 0 radical (unpaired) electrons. The summed E-state index contributed by atoms with van der Waals surface area (Å²) in [7, 11) is 0. The van der Waals surface area contributed by atoms with Crippen LogP contribution in [0.1, 0.15) is 20.7 Å². The number of primary amides is 1. The Morgan fingerprint density at radius 3 is 2.29 bits per heavy atom. The van der Waals surface area contributed by atoms with E-state index in [0.29, 0.717) is 20.2 Å². The van der Waals surface area contributed by atoms with Crippen molar-refractivity contribution < 1.29 is 14.7 Å². The molecule has 0 fully saturated rings. The highest BCUT2D eigenvalue weighted by Gasteiger charge is 2.09. The van der Waals surface area contributed by atoms with Gasteiger partial charge in [-0.2, -0.15) is 0 Å². The second-order valence-electron chi connectivity index (χ2n) is 4.18. The summed E-state index contributed by atoms with van der Waals surface area (Å²) >= 11 is 6.60. The van der Waals surface area contributed by atoms with Gasteiger partial charge in [0.1, 0.15) is 0 Å². The summed E-state index contributed by atoms with van der Waals surface area (Å²) in [6.07, 6.45) is 0. The molecule has 0 atom stereocenters. The molecule has 0 aliphatic rings. The Balaban J connectivity index is 2.28. The third-order valence-electron chi connectivity index (χ3n) is 2.73. The van der Waals surface area contributed by atoms with Crippen LogP contribution in [0.4, 0.5) is 11.4 Å². The highest BCUT2D eigenvalue weighted by Crippen LogP contribution is 2.29. The normalized spacial score (nSPS) is 10.2. The zero-order valence-corrected chi connectivity index (χ0v) is 13.7. The molecule has 7 heteroatoms. The van der Waals surface area contributed by atoms with E-state index in [1.54, 1.807) is 24.3 Å². The second-order valence-corrected chi connectivity index (χ2v) is 5.89. The van der Waals surface area contributed by atoms with Gasteiger partial charge in [0.2, 0.25) is 5.91 Å². The quantitative estimate of drug-likeness (QED) is 0.711. The lowest BCUT2D eigenvalue weighted by Crippen LogP contribution is -2.11. The van der Waals surface area contributed by atoms with Crippen LogP contribution in [0, 0.1) is 0 Å². The Morgan fingerprint density at radius 2 is 1.76 bits per heavy atom. The maximum absolute atomic E-state index is 11.2. The van der Waals surface area contributed by atoms with Crippen molar-refractivity contribution in [3.63, 3.8) is 0 Å². The number of carbonyl (C=O) groups is 2. The molecule has 108 valence electrons. The average molecular weight is 414 g/mol. The minimum absolute atomic E-state index is 0.192. The summed E-state index contributed by atoms with van der Waals surface area (Å²) in [4.78, 5) is 22.0. The molecule has 0 spiro atoms. The van der Waals surface area contributed by atoms with E-state index in [1.807, 2.05) is 0 Å². The van der Waals surface area contributed by atoms with Gasteiger partial charge >= 0.3 is 5.97 Å². The smallest absolute Gasteiger partial charge is 0.335 e. The first-order valence-corrected chi connectivity index (χ1v) is 7.36. The van der Waals surface area contributed by atoms with E-state index in [1.165, 1.54) is 12.1 Å². The molecule has 0 bridgehead atoms. The van der Waals surface area contributed by atoms with Crippen molar-refractivity contribution in [3.05, 3.63) is 56.5 Å². The zero-order chi connectivity index (χ0) is 15.6. The number of rotatable bonds is 4. The van der Waals surface area contributed by atoms with Gasteiger partial charge in [0.25, 0.3) is 0 Å². The fourth-order valence-electron chi connectivity index (χ4n) is 1.70. The van der Waals surface area contributed by atoms with Gasteiger partial charge in [0.05, 0.1) is 16.8 Å². The third-order valence-corrected chi connectivity index (χ3v) is 4.04. The van der Waals surface area contributed by atoms with Gasteiger partial charge in [-0.1, -0.05) is 0 Å². The molecule has 2 aromatic rings. The number of nitrogens with two attached hydrogens (primary N) is 1. The highest BCUT2D eigenvalue weighted by molar-refractivity contribution is 9.11. The molecule has 2 rings (SSSR count). The van der Waals surface area contributed by atoms with Gasteiger partial charge in [-0.05, 0) is 68.3 Å². The van der Waals surface area contributed by atoms with Gasteiger partial charge in [-0.3, -0.25) is 4.79 Å². The fraction of sp³-hybridized carbons (Fsp3) is 0. The topological polar surface area (TPSA) is 92.4 Å². The first-order chi connectivity index (χ1) is 9.88. The fourth-order valence-corrected chi connectivity index (χ4v) is 2.75. The van der Waals surface area contributed by atoms with Crippen molar-refractivity contribution in [2.24, 2.45) is 5.73 Å². The maximum atomic E-state index is 11.2. The Bertz CT molecular complexity index is 732. The molecule has 0 unspecified atom stereocenters. The molecule has 0 heterocycles. The third kappa shape index (κ3) is 3.62. The Labute approximate surface area is 137 Å². The lowest BCUT2D eigenvalue weighted by Gasteiger charge is -2.10. The molecular weight excluding hydrogens is 404 g/mol. The summed E-state index contributed by atoms with van der Waals surface area (Å²) in [5.41, 5.74) is 7.26. The molecule has 1 amide bonds. The number of anilines is 2. The predicted molar refractivity (Wildman–Crippen MR) is 87.0 cm³/mol. The van der Waals surface area contributed by atoms with Crippen LogP contribution in [0.15, 0.2) is 45.3 Å². The number of halogens is 2. The largest absolute Gasteiger partial charge is 0.478 e. The minimum Gasteiger partial charge on any atom is -0.478 e. The number of carboxylic acid groups (broad SMARTS) is 1. The first kappa shape index (κ1) is 15.5. The van der Waals surface area contributed by atoms with E-state index >= 15 is 0 Å². The van der Waals surface area contributed by atoms with Crippen LogP contribution in [-0.4, -0.2) is 17.0 Å². The summed E-state index contributed by atoms with van der Waals surface area (Å²) in [6, 6.07) is 9.71. The molecule has 0 saturated heterocycles. The number of amides is 1. The van der Waals surface area contributed by atoms with Crippen LogP contribution in [0.5, 0.6) is 0 Å². The minimum atomic E-state index is -0.990. The zero-order valence-electron chi connectivity index (χ0n) is 10.6. The monoisotopic (exact) mass is 412 g/mol. The van der Waals surface area contributed by atoms with Gasteiger partial charge < -0.3 is 16.2 Å². The molecular formula is C14H10Br2N2O3. The molecule has 5 nitrogen and oxygen atoms in total. The average Bonchev–Trinajstić information content (AvgIpc) is 2.40. The number of carbonyl (C=O) groups excluding carboxylic acids is 1. The SMILES string of the molecule is NC(=O)c1ccc(Nc2ccc(C(=O)O)cc2Br)cc1Br. The number of hydrogen-bond donors (Lipinski definition) is 3. The lowest BCUT2D eigenvalue weighted by atomic mass is 10.1. The van der Waals surface area contributed by atoms with E-state index in [2.05, 4.69) is 37.2 Å². The lowest BCUT2D eigenvalue weighted by molar-refractivity contribution is 0.0696. The molecule has 0 aromatic heterocycles. The summed E-state index contributed by atoms with van der Waals surface area (Å²) in [5, 5.41) is 12.0. The van der Waals surface area contributed by atoms with E-state index < -0.39 is 11.9 Å². The van der Waals surface area contributed by atoms with Gasteiger partial charge in [-0.15, -0.1) is 0 Å². The van der Waals surface area contributed by atoms with Crippen molar-refractivity contribution in [1.82, 2.24) is 0 Å². The standard InChI is InChI=1S/C14H10Br2N2O3/c15-10-6-8(2-3-9(10)13(17)19)18-12-4-1-7(14(20)21)5-11(12)16/h1-6,18H,(H2,17,19)(H,20,21). The Morgan fingerprint density at radius 1 is 1.05 bits per heavy atom. The van der Waals surface area contributed by atoms with Gasteiger partial charge in [0.15, 0.2) is 0 Å². The highest BCUT2D eigenvalue weighted by atomic mass is 79.9. The van der Waals surface area contributed by atoms with Crippen LogP contribution in [-0.2, 0) is 0 Å². The second kappa shape index (κ2) is 6.28. The van der Waals surface area contributed by atoms with E-state index in [9.17, 15) is 9.59 Å². The van der Waals surface area contributed by atoms with Gasteiger partial charge in [-0.25, -0.2) is 4.79 Å². The van der Waals surface area contributed by atoms with Crippen molar-refractivity contribution in [2.75, 3.05) is 5.32 Å². The van der Waals surface area contributed by atoms with Crippen molar-refractivity contribution in [1.29, 1.82) is 0 Å². The number of aromatic carboxylic acids is 1. The molecule has 0 aliphatic heterocycles. The van der Waals surface area contributed by atoms with E-state index in [-0.39, 0.29) is 5.56 Å². The maximum Gasteiger partial charge on any atom is 0.335 e. The first-order valence-electron chi connectivity index (χ1n) is 5.77. The Hall–Kier alpha value is -1.86. The van der Waals surface area contributed by atoms with Crippen LogP contribution in [0.25, 0.3) is 0 Å². The summed E-state index contributed by atoms with van der Waals surface area (Å²) in [5.74, 6) is -1.50. The van der Waals surface area contributed by atoms with E-state index in [0.717, 1.165) is 5.69 Å². The van der Waals surface area contributed by atoms with Crippen molar-refractivity contribution >= 4 is 55.1 Å². The molecule has 4 N–H and O–H groups in total. The Kier molecular flexibility index (Phi) is 4.64. The number of carboxylic acids is 1. The molecule has 21 heavy (non-hydrogen) atoms. The van der Waals surface area contributed by atoms with Crippen LogP contribution in [0.2, 0.25) is 0 Å². The number of hydrogen-bond acceptors (Lipinski definition) is 3. The summed E-state index contributed by atoms with van der Waals surface area (Å²) in [6.45, 7) is 0. The number of benzene rings is 2. The van der Waals surface area contributed by atoms with E-state index in [4.69, 9.17) is 10.8 Å². The van der Waals surface area contributed by atoms with Crippen LogP contribution in [0.3, 0.4) is 0 Å². The van der Waals surface area contributed by atoms with Crippen molar-refractivity contribution in [2.45, 2.75) is 0 Å². The molecule has 0 saturated carbocycles. The predicted octanol–water partition coefficient (Wildman–Crippen LogP) is 3.75. The van der Waals surface area contributed by atoms with Crippen molar-refractivity contribution in [3.8, 4) is 0 Å². The van der Waals surface area contributed by atoms with Crippen LogP contribution >= 0.6 is 31.9 Å². The van der Waals surface area contributed by atoms with Crippen LogP contribution < -0.4 is 11.1 Å². The number of nitrogens with one attached hydrogen (secondary N) is 1. The van der Waals surface area contributed by atoms with Gasteiger partial charge in [0, 0.05) is 14.6 Å². The molecule has 0 aliphatic carbocycles.